The average molecular weight is 274 g/mol. The molecule has 1 aromatic heterocycles. The van der Waals surface area contributed by atoms with Crippen molar-refractivity contribution in [3.8, 4) is 0 Å². The molecule has 3 heterocycles. The van der Waals surface area contributed by atoms with Crippen LogP contribution in [0.5, 0.6) is 0 Å². The van der Waals surface area contributed by atoms with Crippen LogP contribution in [0.3, 0.4) is 0 Å². The van der Waals surface area contributed by atoms with Gasteiger partial charge >= 0.3 is 0 Å². The Balaban J connectivity index is 1.68. The maximum Gasteiger partial charge on any atom is 0.238 e. The van der Waals surface area contributed by atoms with E-state index in [1.807, 2.05) is 0 Å². The Kier molecular flexibility index (Phi) is 3.46. The fourth-order valence-electron chi connectivity index (χ4n) is 3.43. The topological polar surface area (TPSA) is 49.3 Å². The predicted octanol–water partition coefficient (Wildman–Crippen LogP) is 1.56. The van der Waals surface area contributed by atoms with Gasteiger partial charge in [0, 0.05) is 32.0 Å². The molecular formula is C15H22N4O. The first kappa shape index (κ1) is 13.5. The molecule has 0 aliphatic carbocycles. The number of hydrogen-bond donors (Lipinski definition) is 0. The van der Waals surface area contributed by atoms with Gasteiger partial charge in [-0.2, -0.15) is 0 Å². The van der Waals surface area contributed by atoms with Crippen LogP contribution < -0.4 is 4.90 Å². The van der Waals surface area contributed by atoms with Gasteiger partial charge < -0.3 is 4.90 Å². The van der Waals surface area contributed by atoms with Crippen molar-refractivity contribution in [1.29, 1.82) is 0 Å². The van der Waals surface area contributed by atoms with Crippen molar-refractivity contribution < 1.29 is 4.79 Å². The zero-order valence-electron chi connectivity index (χ0n) is 12.2. The fourth-order valence-corrected chi connectivity index (χ4v) is 3.43. The van der Waals surface area contributed by atoms with Crippen LogP contribution in [0.1, 0.15) is 26.7 Å². The Morgan fingerprint density at radius 1 is 1.30 bits per heavy atom. The third-order valence-corrected chi connectivity index (χ3v) is 4.23. The molecule has 20 heavy (non-hydrogen) atoms. The Bertz CT molecular complexity index is 490. The number of nitrogens with zero attached hydrogens (tertiary/aromatic N) is 4. The molecule has 1 amide bonds. The number of anilines is 1. The first-order valence-corrected chi connectivity index (χ1v) is 7.42. The van der Waals surface area contributed by atoms with Crippen LogP contribution in [-0.4, -0.2) is 47.0 Å². The van der Waals surface area contributed by atoms with Crippen LogP contribution in [0, 0.1) is 11.3 Å². The number of rotatable bonds is 3. The maximum atomic E-state index is 12.6. The summed E-state index contributed by atoms with van der Waals surface area (Å²) in [6.07, 6.45) is 5.49. The van der Waals surface area contributed by atoms with Crippen LogP contribution in [0.4, 0.5) is 5.95 Å². The van der Waals surface area contributed by atoms with E-state index in [4.69, 9.17) is 0 Å². The van der Waals surface area contributed by atoms with Gasteiger partial charge in [0.05, 0.1) is 5.41 Å². The average Bonchev–Trinajstić information content (AvgIpc) is 2.45. The van der Waals surface area contributed by atoms with E-state index >= 15 is 0 Å². The third kappa shape index (κ3) is 2.30. The number of β-lactam (4-membered cyclic amide) rings is 1. The van der Waals surface area contributed by atoms with Crippen molar-refractivity contribution in [2.24, 2.45) is 11.3 Å². The molecule has 5 nitrogen and oxygen atoms in total. The van der Waals surface area contributed by atoms with Gasteiger partial charge in [-0.25, -0.2) is 9.97 Å². The number of carbonyl (C=O) groups excluding carboxylic acids is 1. The van der Waals surface area contributed by atoms with Crippen molar-refractivity contribution in [3.63, 3.8) is 0 Å². The Hall–Kier alpha value is -1.49. The van der Waals surface area contributed by atoms with Crippen molar-refractivity contribution in [2.75, 3.05) is 31.1 Å². The molecule has 0 unspecified atom stereocenters. The van der Waals surface area contributed by atoms with Gasteiger partial charge in [-0.3, -0.25) is 9.69 Å². The van der Waals surface area contributed by atoms with Crippen LogP contribution >= 0.6 is 0 Å². The quantitative estimate of drug-likeness (QED) is 0.785. The predicted molar refractivity (Wildman–Crippen MR) is 77.3 cm³/mol. The number of carbonyl (C=O) groups is 1. The zero-order valence-corrected chi connectivity index (χ0v) is 12.2. The van der Waals surface area contributed by atoms with Crippen molar-refractivity contribution >= 4 is 11.9 Å². The maximum absolute atomic E-state index is 12.6. The first-order valence-electron chi connectivity index (χ1n) is 7.42. The summed E-state index contributed by atoms with van der Waals surface area (Å²) < 4.78 is 0. The molecule has 1 aromatic rings. The van der Waals surface area contributed by atoms with Crippen LogP contribution in [0.2, 0.25) is 0 Å². The minimum Gasteiger partial charge on any atom is -0.302 e. The smallest absolute Gasteiger partial charge is 0.238 e. The second kappa shape index (κ2) is 5.13. The van der Waals surface area contributed by atoms with Gasteiger partial charge in [0.1, 0.15) is 0 Å². The van der Waals surface area contributed by atoms with Gasteiger partial charge in [0.25, 0.3) is 0 Å². The molecular weight excluding hydrogens is 252 g/mol. The molecule has 1 spiro atoms. The Morgan fingerprint density at radius 2 is 2.05 bits per heavy atom. The Labute approximate surface area is 120 Å². The van der Waals surface area contributed by atoms with E-state index in [9.17, 15) is 4.79 Å². The summed E-state index contributed by atoms with van der Waals surface area (Å²) >= 11 is 0. The third-order valence-electron chi connectivity index (χ3n) is 4.23. The van der Waals surface area contributed by atoms with Gasteiger partial charge in [0.2, 0.25) is 11.9 Å². The molecule has 2 saturated heterocycles. The standard InChI is InChI=1S/C15H22N4O/c1-12(2)9-18-8-3-5-15(10-18)11-19(13(15)20)14-16-6-4-7-17-14/h4,6-7,12H,3,5,8-11H2,1-2H3/t15-/m1/s1. The highest BCUT2D eigenvalue weighted by Crippen LogP contribution is 2.41. The molecule has 108 valence electrons. The van der Waals surface area contributed by atoms with E-state index in [0.29, 0.717) is 11.9 Å². The lowest BCUT2D eigenvalue weighted by atomic mass is 9.72. The van der Waals surface area contributed by atoms with E-state index in [-0.39, 0.29) is 11.3 Å². The molecule has 5 heteroatoms. The highest BCUT2D eigenvalue weighted by Gasteiger charge is 2.54. The summed E-state index contributed by atoms with van der Waals surface area (Å²) in [5, 5.41) is 0. The van der Waals surface area contributed by atoms with Gasteiger partial charge in [-0.05, 0) is 31.4 Å². The number of aromatic nitrogens is 2. The lowest BCUT2D eigenvalue weighted by molar-refractivity contribution is -0.139. The molecule has 0 N–H and O–H groups in total. The van der Waals surface area contributed by atoms with Gasteiger partial charge in [-0.15, -0.1) is 0 Å². The van der Waals surface area contributed by atoms with E-state index in [1.165, 1.54) is 0 Å². The summed E-state index contributed by atoms with van der Waals surface area (Å²) in [7, 11) is 0. The zero-order chi connectivity index (χ0) is 14.2. The van der Waals surface area contributed by atoms with E-state index in [2.05, 4.69) is 28.7 Å². The van der Waals surface area contributed by atoms with Gasteiger partial charge in [0.15, 0.2) is 0 Å². The van der Waals surface area contributed by atoms with Crippen LogP contribution in [0.25, 0.3) is 0 Å². The molecule has 2 aliphatic heterocycles. The van der Waals surface area contributed by atoms with Crippen LogP contribution in [0.15, 0.2) is 18.5 Å². The van der Waals surface area contributed by atoms with E-state index in [0.717, 1.165) is 39.0 Å². The second-order valence-corrected chi connectivity index (χ2v) is 6.45. The summed E-state index contributed by atoms with van der Waals surface area (Å²) in [6.45, 7) is 8.33. The summed E-state index contributed by atoms with van der Waals surface area (Å²) in [5.41, 5.74) is -0.174. The fraction of sp³-hybridized carbons (Fsp3) is 0.667. The molecule has 0 aromatic carbocycles. The molecule has 2 fully saturated rings. The molecule has 3 rings (SSSR count). The van der Waals surface area contributed by atoms with Gasteiger partial charge in [-0.1, -0.05) is 13.8 Å². The van der Waals surface area contributed by atoms with Crippen molar-refractivity contribution in [1.82, 2.24) is 14.9 Å². The van der Waals surface area contributed by atoms with E-state index in [1.54, 1.807) is 23.4 Å². The number of amides is 1. The number of likely N-dealkylation sites (tertiary alicyclic amines) is 1. The van der Waals surface area contributed by atoms with Crippen molar-refractivity contribution in [3.05, 3.63) is 18.5 Å². The first-order chi connectivity index (χ1) is 9.61. The molecule has 0 saturated carbocycles. The summed E-state index contributed by atoms with van der Waals surface area (Å²) in [5.74, 6) is 1.40. The lowest BCUT2D eigenvalue weighted by Gasteiger charge is -2.52. The summed E-state index contributed by atoms with van der Waals surface area (Å²) in [4.78, 5) is 25.1. The lowest BCUT2D eigenvalue weighted by Crippen LogP contribution is -2.67. The number of piperidine rings is 1. The minimum atomic E-state index is -0.174. The monoisotopic (exact) mass is 274 g/mol. The summed E-state index contributed by atoms with van der Waals surface area (Å²) in [6, 6.07) is 1.77. The highest BCUT2D eigenvalue weighted by atomic mass is 16.2. The Morgan fingerprint density at radius 3 is 2.70 bits per heavy atom. The SMILES string of the molecule is CC(C)CN1CCC[C@@]2(C1)CN(c1ncccn1)C2=O. The normalized spacial score (nSPS) is 27.1. The van der Waals surface area contributed by atoms with E-state index < -0.39 is 0 Å². The number of hydrogen-bond acceptors (Lipinski definition) is 4. The molecule has 2 aliphatic rings. The highest BCUT2D eigenvalue weighted by molar-refractivity contribution is 6.03. The largest absolute Gasteiger partial charge is 0.302 e. The van der Waals surface area contributed by atoms with Crippen LogP contribution in [-0.2, 0) is 4.79 Å². The molecule has 0 bridgehead atoms. The minimum absolute atomic E-state index is 0.174. The molecule has 1 atom stereocenters. The second-order valence-electron chi connectivity index (χ2n) is 6.45. The van der Waals surface area contributed by atoms with Crippen molar-refractivity contribution in [2.45, 2.75) is 26.7 Å². The molecule has 0 radical (unpaired) electrons.